The van der Waals surface area contributed by atoms with Gasteiger partial charge in [-0.1, -0.05) is 0 Å². The standard InChI is InChI=1S/Br3P/c1-4(2)3/p+1. The van der Waals surface area contributed by atoms with E-state index in [0.29, 0.717) is 0 Å². The van der Waals surface area contributed by atoms with Crippen LogP contribution in [-0.4, -0.2) is 0 Å². The Hall–Kier alpha value is 1.87. The van der Waals surface area contributed by atoms with Gasteiger partial charge in [0.05, 0.1) is 0 Å². The molecule has 0 heterocycles. The molecule has 0 aromatic carbocycles. The Bertz CT molecular complexity index is 8.00. The molecule has 0 saturated heterocycles. The first-order chi connectivity index (χ1) is 1.73. The van der Waals surface area contributed by atoms with Gasteiger partial charge >= 0.3 is 0 Å². The van der Waals surface area contributed by atoms with Crippen molar-refractivity contribution in [2.45, 2.75) is 0 Å². The van der Waals surface area contributed by atoms with Crippen molar-refractivity contribution in [1.82, 2.24) is 0 Å². The summed E-state index contributed by atoms with van der Waals surface area (Å²) in [7, 11) is 0. The molecule has 0 unspecified atom stereocenters. The predicted octanol–water partition coefficient (Wildman–Crippen LogP) is 3.13. The monoisotopic (exact) mass is 269 g/mol. The van der Waals surface area contributed by atoms with Gasteiger partial charge in [0.2, 0.25) is 4.03 Å². The largest absolute Gasteiger partial charge is 0.208 e. The minimum atomic E-state index is -0.442. The van der Waals surface area contributed by atoms with Crippen molar-refractivity contribution >= 4 is 50.5 Å². The van der Waals surface area contributed by atoms with Gasteiger partial charge in [-0.3, -0.25) is 0 Å². The third-order valence-corrected chi connectivity index (χ3v) is 0. The third-order valence-electron chi connectivity index (χ3n) is 0. The summed E-state index contributed by atoms with van der Waals surface area (Å²) in [5.41, 5.74) is 0. The first-order valence-corrected chi connectivity index (χ1v) is 8.84. The molecule has 4 heavy (non-hydrogen) atoms. The highest BCUT2D eigenvalue weighted by Gasteiger charge is 1.92. The Morgan fingerprint density at radius 1 is 1.00 bits per heavy atom. The molecule has 26 valence electrons. The molecule has 0 atom stereocenters. The van der Waals surface area contributed by atoms with Crippen molar-refractivity contribution in [2.75, 3.05) is 0 Å². The fraction of sp³-hybridized carbons (Fsp3) is 0. The zero-order chi connectivity index (χ0) is 3.58. The molecule has 0 aliphatic carbocycles. The fourth-order valence-electron chi connectivity index (χ4n) is 0. The second kappa shape index (κ2) is 3.08. The van der Waals surface area contributed by atoms with E-state index in [-0.39, 0.29) is 0 Å². The van der Waals surface area contributed by atoms with E-state index in [1.807, 2.05) is 0 Å². The lowest BCUT2D eigenvalue weighted by molar-refractivity contribution is 5.92. The van der Waals surface area contributed by atoms with E-state index >= 15 is 0 Å². The van der Waals surface area contributed by atoms with Crippen molar-refractivity contribution < 1.29 is 0 Å². The summed E-state index contributed by atoms with van der Waals surface area (Å²) in [5.74, 6) is 0. The SMILES string of the molecule is Br[PH+](Br)Br. The average Bonchev–Trinajstić information content (AvgIpc) is 0.811. The number of halogens is 3. The van der Waals surface area contributed by atoms with Crippen LogP contribution in [0.4, 0.5) is 0 Å². The van der Waals surface area contributed by atoms with Crippen LogP contribution in [0.5, 0.6) is 0 Å². The van der Waals surface area contributed by atoms with E-state index < -0.39 is 4.03 Å². The van der Waals surface area contributed by atoms with E-state index in [2.05, 4.69) is 46.5 Å². The summed E-state index contributed by atoms with van der Waals surface area (Å²) >= 11 is 9.62. The van der Waals surface area contributed by atoms with Gasteiger partial charge in [0, 0.05) is 0 Å². The molecule has 0 amide bonds. The molecule has 0 aliphatic heterocycles. The van der Waals surface area contributed by atoms with Crippen LogP contribution in [0.2, 0.25) is 0 Å². The van der Waals surface area contributed by atoms with E-state index in [9.17, 15) is 0 Å². The van der Waals surface area contributed by atoms with Gasteiger partial charge in [-0.2, -0.15) is 0 Å². The van der Waals surface area contributed by atoms with Crippen LogP contribution in [0.15, 0.2) is 0 Å². The van der Waals surface area contributed by atoms with E-state index in [1.165, 1.54) is 0 Å². The summed E-state index contributed by atoms with van der Waals surface area (Å²) in [6.45, 7) is 0. The Morgan fingerprint density at radius 3 is 1.00 bits per heavy atom. The Balaban J connectivity index is 2.32. The average molecular weight is 272 g/mol. The molecule has 0 aliphatic rings. The van der Waals surface area contributed by atoms with Crippen molar-refractivity contribution in [3.63, 3.8) is 0 Å². The van der Waals surface area contributed by atoms with Crippen molar-refractivity contribution in [1.29, 1.82) is 0 Å². The van der Waals surface area contributed by atoms with Crippen molar-refractivity contribution in [3.05, 3.63) is 0 Å². The van der Waals surface area contributed by atoms with E-state index in [4.69, 9.17) is 0 Å². The van der Waals surface area contributed by atoms with E-state index in [1.54, 1.807) is 0 Å². The minimum absolute atomic E-state index is 0.442. The van der Waals surface area contributed by atoms with E-state index in [0.717, 1.165) is 0 Å². The maximum absolute atomic E-state index is 3.21. The van der Waals surface area contributed by atoms with Crippen LogP contribution in [0.1, 0.15) is 0 Å². The Labute approximate surface area is 50.3 Å². The van der Waals surface area contributed by atoms with Crippen molar-refractivity contribution in [2.24, 2.45) is 0 Å². The van der Waals surface area contributed by atoms with Crippen LogP contribution < -0.4 is 0 Å². The molecule has 0 rings (SSSR count). The zero-order valence-corrected chi connectivity index (χ0v) is 7.39. The normalized spacial score (nSPS) is 9.00. The van der Waals surface area contributed by atoms with Crippen LogP contribution in [0.25, 0.3) is 0 Å². The maximum atomic E-state index is 3.21. The summed E-state index contributed by atoms with van der Waals surface area (Å²) in [6.07, 6.45) is 0. The van der Waals surface area contributed by atoms with Gasteiger partial charge in [-0.15, -0.1) is 0 Å². The topological polar surface area (TPSA) is 0 Å². The molecule has 0 radical (unpaired) electrons. The molecule has 4 heteroatoms. The van der Waals surface area contributed by atoms with Crippen LogP contribution in [0, 0.1) is 0 Å². The smallest absolute Gasteiger partial charge is 0.162 e. The summed E-state index contributed by atoms with van der Waals surface area (Å²) in [6, 6.07) is 0. The van der Waals surface area contributed by atoms with Crippen LogP contribution in [0.3, 0.4) is 0 Å². The molecule has 0 bridgehead atoms. The molecule has 0 saturated carbocycles. The van der Waals surface area contributed by atoms with Gasteiger partial charge in [0.25, 0.3) is 0 Å². The molecule has 0 fully saturated rings. The van der Waals surface area contributed by atoms with Crippen molar-refractivity contribution in [3.8, 4) is 0 Å². The van der Waals surface area contributed by atoms with Gasteiger partial charge in [0.15, 0.2) is 46.5 Å². The molecule has 0 aromatic heterocycles. The Kier molecular flexibility index (Phi) is 4.51. The van der Waals surface area contributed by atoms with Crippen LogP contribution >= 0.6 is 50.5 Å². The second-order valence-corrected chi connectivity index (χ2v) is 17.4. The maximum Gasteiger partial charge on any atom is 0.208 e. The zero-order valence-electron chi connectivity index (χ0n) is 1.63. The molecular formula is HBr3P+. The molecule has 0 N–H and O–H groups in total. The summed E-state index contributed by atoms with van der Waals surface area (Å²) < 4.78 is -0.442. The minimum Gasteiger partial charge on any atom is 0.162 e. The number of hydrogen-bond donors (Lipinski definition) is 0. The second-order valence-electron chi connectivity index (χ2n) is 0.214. The highest BCUT2D eigenvalue weighted by atomic mass is 80.0. The first kappa shape index (κ1) is 5.87. The van der Waals surface area contributed by atoms with Gasteiger partial charge in [-0.05, 0) is 0 Å². The van der Waals surface area contributed by atoms with Gasteiger partial charge < -0.3 is 0 Å². The highest BCUT2D eigenvalue weighted by molar-refractivity contribution is 9.93. The highest BCUT2D eigenvalue weighted by Crippen LogP contribution is 2.59. The lowest BCUT2D eigenvalue weighted by Gasteiger charge is -1.55. The summed E-state index contributed by atoms with van der Waals surface area (Å²) in [4.78, 5) is 0. The predicted molar refractivity (Wildman–Crippen MR) is 35.1 cm³/mol. The van der Waals surface area contributed by atoms with Crippen LogP contribution in [-0.2, 0) is 0 Å². The number of hydrogen-bond acceptors (Lipinski definition) is 0. The quantitative estimate of drug-likeness (QED) is 0.594. The third kappa shape index (κ3) is 9.12. The molecular weight excluding hydrogens is 271 g/mol. The Morgan fingerprint density at radius 2 is 1.00 bits per heavy atom. The summed E-state index contributed by atoms with van der Waals surface area (Å²) in [5, 5.41) is 0. The molecule has 0 aromatic rings. The van der Waals surface area contributed by atoms with Gasteiger partial charge in [-0.25, -0.2) is 0 Å². The first-order valence-electron chi connectivity index (χ1n) is 0.567. The molecule has 0 spiro atoms. The fourth-order valence-corrected chi connectivity index (χ4v) is 0. The number of rotatable bonds is 0. The lowest BCUT2D eigenvalue weighted by Crippen LogP contribution is -0.878. The van der Waals surface area contributed by atoms with Gasteiger partial charge in [0.1, 0.15) is 0 Å². The lowest BCUT2D eigenvalue weighted by atomic mass is 30.9. The molecule has 0 nitrogen and oxygen atoms in total.